The summed E-state index contributed by atoms with van der Waals surface area (Å²) in [5, 5.41) is 17.3. The zero-order valence-electron chi connectivity index (χ0n) is 28.3. The van der Waals surface area contributed by atoms with E-state index in [2.05, 4.69) is 23.6 Å². The highest BCUT2D eigenvalue weighted by Crippen LogP contribution is 2.49. The molecule has 1 spiro atoms. The minimum absolute atomic E-state index is 0.00525. The molecule has 5 N–H and O–H groups in total. The highest BCUT2D eigenvalue weighted by atomic mass is 16.6. The summed E-state index contributed by atoms with van der Waals surface area (Å²) < 4.78 is 23.5. The summed E-state index contributed by atoms with van der Waals surface area (Å²) >= 11 is 0. The Morgan fingerprint density at radius 2 is 1.76 bits per heavy atom. The Labute approximate surface area is 273 Å². The highest BCUT2D eigenvalue weighted by molar-refractivity contribution is 5.87. The summed E-state index contributed by atoms with van der Waals surface area (Å²) in [6.45, 7) is 11.1. The zero-order valence-corrected chi connectivity index (χ0v) is 28.3. The second-order valence-corrected chi connectivity index (χ2v) is 13.9. The number of epoxide rings is 1. The first-order valence-electron chi connectivity index (χ1n) is 17.0. The summed E-state index contributed by atoms with van der Waals surface area (Å²) in [6.07, 6.45) is 12.2. The second-order valence-electron chi connectivity index (χ2n) is 13.9. The van der Waals surface area contributed by atoms with E-state index < -0.39 is 29.9 Å². The number of carbonyl (C=O) groups excluding carboxylic acids is 3. The number of amides is 2. The third-order valence-electron chi connectivity index (χ3n) is 9.92. The average Bonchev–Trinajstić information content (AvgIpc) is 3.63. The van der Waals surface area contributed by atoms with Gasteiger partial charge in [-0.1, -0.05) is 30.7 Å². The van der Waals surface area contributed by atoms with Crippen LogP contribution in [-0.4, -0.2) is 89.3 Å². The van der Waals surface area contributed by atoms with Gasteiger partial charge >= 0.3 is 5.97 Å². The van der Waals surface area contributed by atoms with E-state index in [0.717, 1.165) is 37.7 Å². The van der Waals surface area contributed by atoms with Crippen LogP contribution in [0.15, 0.2) is 36.0 Å². The summed E-state index contributed by atoms with van der Waals surface area (Å²) in [5.74, 6) is -0.462. The van der Waals surface area contributed by atoms with Gasteiger partial charge in [-0.2, -0.15) is 0 Å². The highest BCUT2D eigenvalue weighted by Gasteiger charge is 2.64. The van der Waals surface area contributed by atoms with Crippen LogP contribution in [0.4, 0.5) is 0 Å². The molecule has 4 fully saturated rings. The van der Waals surface area contributed by atoms with Gasteiger partial charge in [-0.25, -0.2) is 0 Å². The molecule has 1 saturated carbocycles. The fourth-order valence-corrected chi connectivity index (χ4v) is 7.03. The van der Waals surface area contributed by atoms with Crippen molar-refractivity contribution in [3.05, 3.63) is 36.0 Å². The molecule has 3 aliphatic heterocycles. The van der Waals surface area contributed by atoms with Gasteiger partial charge < -0.3 is 40.4 Å². The predicted octanol–water partition coefficient (Wildman–Crippen LogP) is 3.14. The number of hydrogen-bond donors (Lipinski definition) is 4. The number of allylic oxidation sites excluding steroid dienone is 2. The van der Waals surface area contributed by atoms with Crippen molar-refractivity contribution in [1.82, 2.24) is 10.6 Å². The Bertz CT molecular complexity index is 1160. The van der Waals surface area contributed by atoms with Gasteiger partial charge in [0, 0.05) is 31.5 Å². The average molecular weight is 646 g/mol. The minimum Gasteiger partial charge on any atom is -0.459 e. The first kappa shape index (κ1) is 36.3. The van der Waals surface area contributed by atoms with Crippen molar-refractivity contribution >= 4 is 17.8 Å². The molecular weight excluding hydrogens is 590 g/mol. The SMILES string of the molecule is CC(=O)O[C@@H](C)/C=C\C(=O)N[C@@H]1C[C@H](C)[C@H](C/C=C(C)/C=C/[C@H]2O[C@H](CC(=O)NC3CCC(N)CC3)C[C@]3(O[C@@H]3C)[C@@H]2O)O[C@@H]1C. The predicted molar refractivity (Wildman–Crippen MR) is 173 cm³/mol. The van der Waals surface area contributed by atoms with Crippen molar-refractivity contribution in [1.29, 1.82) is 0 Å². The van der Waals surface area contributed by atoms with E-state index in [1.165, 1.54) is 13.0 Å². The van der Waals surface area contributed by atoms with Crippen molar-refractivity contribution in [3.8, 4) is 0 Å². The van der Waals surface area contributed by atoms with Gasteiger partial charge in [0.1, 0.15) is 23.9 Å². The van der Waals surface area contributed by atoms with E-state index in [1.54, 1.807) is 13.0 Å². The monoisotopic (exact) mass is 645 g/mol. The lowest BCUT2D eigenvalue weighted by molar-refractivity contribution is -0.146. The second kappa shape index (κ2) is 16.0. The Balaban J connectivity index is 1.27. The molecule has 0 unspecified atom stereocenters. The number of rotatable bonds is 11. The largest absolute Gasteiger partial charge is 0.459 e. The number of ether oxygens (including phenoxy) is 4. The van der Waals surface area contributed by atoms with Crippen molar-refractivity contribution in [2.75, 3.05) is 0 Å². The fraction of sp³-hybridized carbons (Fsp3) is 0.743. The molecule has 1 aliphatic carbocycles. The summed E-state index contributed by atoms with van der Waals surface area (Å²) in [7, 11) is 0. The van der Waals surface area contributed by atoms with Crippen LogP contribution in [-0.2, 0) is 33.3 Å². The van der Waals surface area contributed by atoms with Crippen LogP contribution < -0.4 is 16.4 Å². The van der Waals surface area contributed by atoms with Crippen LogP contribution in [0.1, 0.15) is 92.9 Å². The molecule has 2 amide bonds. The molecule has 10 atom stereocenters. The van der Waals surface area contributed by atoms with E-state index in [1.807, 2.05) is 32.9 Å². The van der Waals surface area contributed by atoms with E-state index in [9.17, 15) is 19.5 Å². The standard InChI is InChI=1S/C35H55N3O8/c1-20(7-14-30-21(2)17-29(23(4)44-30)38-32(40)16-9-22(3)43-25(6)39)8-15-31-34(42)35(24(5)46-35)19-28(45-31)18-33(41)37-27-12-10-26(36)11-13-27/h7-9,15-16,21-24,26-31,34,42H,10-14,17-19,36H2,1-6H3,(H,37,41)(H,38,40)/b15-8+,16-9-,20-7+/t21-,22-,23+,24+,26?,27?,28+,29+,30-,31+,34+,35+/m0/s1. The number of hydrogen-bond acceptors (Lipinski definition) is 9. The van der Waals surface area contributed by atoms with Gasteiger partial charge in [0.25, 0.3) is 0 Å². The smallest absolute Gasteiger partial charge is 0.303 e. The molecule has 3 saturated heterocycles. The molecular formula is C35H55N3O8. The first-order chi connectivity index (χ1) is 21.7. The molecule has 11 heteroatoms. The van der Waals surface area contributed by atoms with Gasteiger partial charge in [-0.05, 0) is 78.2 Å². The molecule has 3 heterocycles. The van der Waals surface area contributed by atoms with Crippen molar-refractivity contribution < 1.29 is 38.4 Å². The van der Waals surface area contributed by atoms with Crippen molar-refractivity contribution in [2.24, 2.45) is 11.7 Å². The lowest BCUT2D eigenvalue weighted by Crippen LogP contribution is -2.52. The van der Waals surface area contributed by atoms with Gasteiger partial charge in [-0.15, -0.1) is 0 Å². The van der Waals surface area contributed by atoms with Gasteiger partial charge in [0.05, 0.1) is 36.9 Å². The van der Waals surface area contributed by atoms with Crippen LogP contribution in [0.2, 0.25) is 0 Å². The van der Waals surface area contributed by atoms with Gasteiger partial charge in [0.15, 0.2) is 0 Å². The topological polar surface area (TPSA) is 162 Å². The van der Waals surface area contributed by atoms with E-state index in [4.69, 9.17) is 24.7 Å². The number of aliphatic hydroxyl groups excluding tert-OH is 1. The van der Waals surface area contributed by atoms with Crippen molar-refractivity contribution in [2.45, 2.75) is 159 Å². The maximum absolute atomic E-state index is 12.9. The summed E-state index contributed by atoms with van der Waals surface area (Å²) in [6, 6.07) is 0.255. The van der Waals surface area contributed by atoms with Crippen LogP contribution >= 0.6 is 0 Å². The molecule has 0 aromatic rings. The van der Waals surface area contributed by atoms with Crippen LogP contribution in [0.25, 0.3) is 0 Å². The minimum atomic E-state index is -0.819. The maximum atomic E-state index is 12.9. The quantitative estimate of drug-likeness (QED) is 0.115. The molecule has 11 nitrogen and oxygen atoms in total. The summed E-state index contributed by atoms with van der Waals surface area (Å²) in [5.41, 5.74) is 6.33. The fourth-order valence-electron chi connectivity index (χ4n) is 7.03. The molecule has 0 aromatic carbocycles. The van der Waals surface area contributed by atoms with Crippen LogP contribution in [0.5, 0.6) is 0 Å². The van der Waals surface area contributed by atoms with Crippen LogP contribution in [0, 0.1) is 5.92 Å². The van der Waals surface area contributed by atoms with Crippen LogP contribution in [0.3, 0.4) is 0 Å². The Morgan fingerprint density at radius 3 is 2.41 bits per heavy atom. The molecule has 258 valence electrons. The molecule has 4 aliphatic rings. The lowest BCUT2D eigenvalue weighted by atomic mass is 9.84. The normalized spacial score (nSPS) is 38.9. The molecule has 0 aromatic heterocycles. The number of esters is 1. The molecule has 0 bridgehead atoms. The number of nitrogens with two attached hydrogens (primary N) is 1. The Morgan fingerprint density at radius 1 is 1.07 bits per heavy atom. The third kappa shape index (κ3) is 9.97. The first-order valence-corrected chi connectivity index (χ1v) is 17.0. The third-order valence-corrected chi connectivity index (χ3v) is 9.92. The number of carbonyl (C=O) groups is 3. The van der Waals surface area contributed by atoms with E-state index in [-0.39, 0.29) is 66.7 Å². The maximum Gasteiger partial charge on any atom is 0.303 e. The summed E-state index contributed by atoms with van der Waals surface area (Å²) in [4.78, 5) is 36.4. The van der Waals surface area contributed by atoms with E-state index >= 15 is 0 Å². The lowest BCUT2D eigenvalue weighted by Gasteiger charge is -2.39. The van der Waals surface area contributed by atoms with Gasteiger partial charge in [0.2, 0.25) is 11.8 Å². The van der Waals surface area contributed by atoms with Crippen molar-refractivity contribution in [3.63, 3.8) is 0 Å². The molecule has 46 heavy (non-hydrogen) atoms. The van der Waals surface area contributed by atoms with Gasteiger partial charge in [-0.3, -0.25) is 14.4 Å². The Kier molecular flexibility index (Phi) is 12.6. The van der Waals surface area contributed by atoms with E-state index in [0.29, 0.717) is 12.8 Å². The zero-order chi connectivity index (χ0) is 33.6. The number of aliphatic hydroxyl groups is 1. The molecule has 0 radical (unpaired) electrons. The molecule has 4 rings (SSSR count). The number of nitrogens with one attached hydrogen (secondary N) is 2. The Hall–Kier alpha value is -2.57.